The third kappa shape index (κ3) is 2.54. The Morgan fingerprint density at radius 1 is 1.39 bits per heavy atom. The number of aromatic nitrogens is 2. The Hall–Kier alpha value is -2.21. The maximum atomic E-state index is 12.1. The van der Waals surface area contributed by atoms with Gasteiger partial charge in [-0.05, 0) is 18.6 Å². The van der Waals surface area contributed by atoms with Crippen molar-refractivity contribution >= 4 is 16.8 Å². The highest BCUT2D eigenvalue weighted by Crippen LogP contribution is 2.05. The first kappa shape index (κ1) is 12.3. The van der Waals surface area contributed by atoms with Gasteiger partial charge in [0, 0.05) is 13.0 Å². The summed E-state index contributed by atoms with van der Waals surface area (Å²) in [5.74, 6) is 4.74. The van der Waals surface area contributed by atoms with E-state index in [0.29, 0.717) is 23.9 Å². The number of rotatable bonds is 4. The molecular formula is C12H14N4O2. The summed E-state index contributed by atoms with van der Waals surface area (Å²) in [6.45, 7) is 0.448. The predicted octanol–water partition coefficient (Wildman–Crippen LogP) is 0.167. The molecule has 2 rings (SSSR count). The van der Waals surface area contributed by atoms with Crippen molar-refractivity contribution in [3.05, 3.63) is 40.9 Å². The Morgan fingerprint density at radius 3 is 2.94 bits per heavy atom. The molecule has 0 aliphatic rings. The molecule has 1 heterocycles. The van der Waals surface area contributed by atoms with Crippen molar-refractivity contribution in [2.24, 2.45) is 5.84 Å². The lowest BCUT2D eigenvalue weighted by molar-refractivity contribution is -0.121. The normalized spacial score (nSPS) is 10.5. The Morgan fingerprint density at radius 2 is 2.17 bits per heavy atom. The molecule has 94 valence electrons. The maximum Gasteiger partial charge on any atom is 0.261 e. The molecule has 3 N–H and O–H groups in total. The van der Waals surface area contributed by atoms with Crippen LogP contribution in [-0.2, 0) is 11.3 Å². The second-order valence-electron chi connectivity index (χ2n) is 3.93. The molecule has 1 aromatic heterocycles. The van der Waals surface area contributed by atoms with Gasteiger partial charge in [0.15, 0.2) is 0 Å². The van der Waals surface area contributed by atoms with Crippen LogP contribution in [0.3, 0.4) is 0 Å². The lowest BCUT2D eigenvalue weighted by Crippen LogP contribution is -2.30. The van der Waals surface area contributed by atoms with Gasteiger partial charge >= 0.3 is 0 Å². The summed E-state index contributed by atoms with van der Waals surface area (Å²) in [7, 11) is 0. The van der Waals surface area contributed by atoms with Crippen LogP contribution in [0.5, 0.6) is 0 Å². The van der Waals surface area contributed by atoms with Crippen LogP contribution in [0.1, 0.15) is 12.8 Å². The molecule has 18 heavy (non-hydrogen) atoms. The van der Waals surface area contributed by atoms with Gasteiger partial charge in [0.05, 0.1) is 17.2 Å². The van der Waals surface area contributed by atoms with Gasteiger partial charge in [-0.15, -0.1) is 0 Å². The lowest BCUT2D eigenvalue weighted by atomic mass is 10.2. The van der Waals surface area contributed by atoms with E-state index in [9.17, 15) is 9.59 Å². The molecule has 0 aliphatic carbocycles. The summed E-state index contributed by atoms with van der Waals surface area (Å²) in [6.07, 6.45) is 2.34. The van der Waals surface area contributed by atoms with Gasteiger partial charge in [0.2, 0.25) is 5.91 Å². The predicted molar refractivity (Wildman–Crippen MR) is 67.6 cm³/mol. The molecule has 0 spiro atoms. The monoisotopic (exact) mass is 246 g/mol. The topological polar surface area (TPSA) is 90.0 Å². The first-order valence-electron chi connectivity index (χ1n) is 5.66. The fraction of sp³-hybridized carbons (Fsp3) is 0.250. The van der Waals surface area contributed by atoms with Crippen molar-refractivity contribution in [3.8, 4) is 0 Å². The SMILES string of the molecule is NNC(=O)CCCn1cnc2ccccc2c1=O. The summed E-state index contributed by atoms with van der Waals surface area (Å²) < 4.78 is 1.51. The summed E-state index contributed by atoms with van der Waals surface area (Å²) in [5, 5.41) is 0.586. The Kier molecular flexibility index (Phi) is 3.69. The molecule has 6 heteroatoms. The van der Waals surface area contributed by atoms with E-state index in [0.717, 1.165) is 0 Å². The van der Waals surface area contributed by atoms with Crippen molar-refractivity contribution in [2.45, 2.75) is 19.4 Å². The second kappa shape index (κ2) is 5.42. The number of hydrogen-bond donors (Lipinski definition) is 2. The van der Waals surface area contributed by atoms with Crippen LogP contribution >= 0.6 is 0 Å². The fourth-order valence-corrected chi connectivity index (χ4v) is 1.75. The fourth-order valence-electron chi connectivity index (χ4n) is 1.75. The number of aryl methyl sites for hydroxylation is 1. The third-order valence-corrected chi connectivity index (χ3v) is 2.70. The van der Waals surface area contributed by atoms with Gasteiger partial charge in [0.25, 0.3) is 5.56 Å². The Bertz CT molecular complexity index is 621. The zero-order chi connectivity index (χ0) is 13.0. The smallest absolute Gasteiger partial charge is 0.261 e. The number of carbonyl (C=O) groups is 1. The number of hydrazine groups is 1. The van der Waals surface area contributed by atoms with Crippen LogP contribution in [0, 0.1) is 0 Å². The van der Waals surface area contributed by atoms with E-state index in [2.05, 4.69) is 10.4 Å². The highest BCUT2D eigenvalue weighted by molar-refractivity contribution is 5.77. The molecule has 0 bridgehead atoms. The van der Waals surface area contributed by atoms with Gasteiger partial charge in [-0.3, -0.25) is 19.6 Å². The van der Waals surface area contributed by atoms with Gasteiger partial charge in [-0.1, -0.05) is 12.1 Å². The quantitative estimate of drug-likeness (QED) is 0.457. The zero-order valence-corrected chi connectivity index (χ0v) is 9.80. The van der Waals surface area contributed by atoms with Crippen LogP contribution in [0.2, 0.25) is 0 Å². The molecule has 0 saturated carbocycles. The summed E-state index contributed by atoms with van der Waals surface area (Å²) in [4.78, 5) is 27.2. The molecule has 0 saturated heterocycles. The largest absolute Gasteiger partial charge is 0.299 e. The van der Waals surface area contributed by atoms with E-state index in [4.69, 9.17) is 5.84 Å². The summed E-state index contributed by atoms with van der Waals surface area (Å²) in [5.41, 5.74) is 2.64. The molecular weight excluding hydrogens is 232 g/mol. The summed E-state index contributed by atoms with van der Waals surface area (Å²) in [6, 6.07) is 7.18. The summed E-state index contributed by atoms with van der Waals surface area (Å²) >= 11 is 0. The second-order valence-corrected chi connectivity index (χ2v) is 3.93. The molecule has 0 aliphatic heterocycles. The standard InChI is InChI=1S/C12H14N4O2/c13-15-11(17)6-3-7-16-8-14-10-5-2-1-4-9(10)12(16)18/h1-2,4-5,8H,3,6-7,13H2,(H,15,17). The van der Waals surface area contributed by atoms with E-state index in [1.165, 1.54) is 10.9 Å². The van der Waals surface area contributed by atoms with E-state index in [1.54, 1.807) is 18.2 Å². The number of hydrogen-bond acceptors (Lipinski definition) is 4. The van der Waals surface area contributed by atoms with Crippen molar-refractivity contribution in [2.75, 3.05) is 0 Å². The van der Waals surface area contributed by atoms with E-state index in [1.807, 2.05) is 6.07 Å². The van der Waals surface area contributed by atoms with E-state index in [-0.39, 0.29) is 17.9 Å². The van der Waals surface area contributed by atoms with Gasteiger partial charge in [-0.25, -0.2) is 10.8 Å². The number of nitrogens with one attached hydrogen (secondary N) is 1. The highest BCUT2D eigenvalue weighted by Gasteiger charge is 2.04. The molecule has 6 nitrogen and oxygen atoms in total. The minimum Gasteiger partial charge on any atom is -0.299 e. The zero-order valence-electron chi connectivity index (χ0n) is 9.80. The number of carbonyl (C=O) groups excluding carboxylic acids is 1. The highest BCUT2D eigenvalue weighted by atomic mass is 16.2. The number of nitrogens with two attached hydrogens (primary N) is 1. The Labute approximate surface area is 103 Å². The average Bonchev–Trinajstić information content (AvgIpc) is 2.41. The maximum absolute atomic E-state index is 12.1. The first-order valence-corrected chi connectivity index (χ1v) is 5.66. The van der Waals surface area contributed by atoms with Gasteiger partial charge in [0.1, 0.15) is 0 Å². The number of fused-ring (bicyclic) bond motifs is 1. The van der Waals surface area contributed by atoms with Crippen LogP contribution < -0.4 is 16.8 Å². The van der Waals surface area contributed by atoms with Crippen molar-refractivity contribution in [1.29, 1.82) is 0 Å². The van der Waals surface area contributed by atoms with Crippen molar-refractivity contribution in [3.63, 3.8) is 0 Å². The van der Waals surface area contributed by atoms with Crippen molar-refractivity contribution < 1.29 is 4.79 Å². The van der Waals surface area contributed by atoms with Gasteiger partial charge in [-0.2, -0.15) is 0 Å². The molecule has 0 atom stereocenters. The van der Waals surface area contributed by atoms with Gasteiger partial charge < -0.3 is 0 Å². The van der Waals surface area contributed by atoms with Crippen LogP contribution in [0.15, 0.2) is 35.4 Å². The number of para-hydroxylation sites is 1. The van der Waals surface area contributed by atoms with Crippen LogP contribution in [-0.4, -0.2) is 15.5 Å². The van der Waals surface area contributed by atoms with E-state index < -0.39 is 0 Å². The number of amides is 1. The molecule has 1 aromatic carbocycles. The lowest BCUT2D eigenvalue weighted by Gasteiger charge is -2.05. The molecule has 0 fully saturated rings. The first-order chi connectivity index (χ1) is 8.72. The average molecular weight is 246 g/mol. The minimum atomic E-state index is -0.239. The van der Waals surface area contributed by atoms with Crippen LogP contribution in [0.25, 0.3) is 10.9 Å². The molecule has 0 radical (unpaired) electrons. The molecule has 1 amide bonds. The number of benzene rings is 1. The molecule has 2 aromatic rings. The molecule has 0 unspecified atom stereocenters. The Balaban J connectivity index is 2.17. The van der Waals surface area contributed by atoms with E-state index >= 15 is 0 Å². The van der Waals surface area contributed by atoms with Crippen LogP contribution in [0.4, 0.5) is 0 Å². The number of nitrogens with zero attached hydrogens (tertiary/aromatic N) is 2. The third-order valence-electron chi connectivity index (χ3n) is 2.70. The van der Waals surface area contributed by atoms with Crippen molar-refractivity contribution in [1.82, 2.24) is 15.0 Å². The minimum absolute atomic E-state index is 0.0891.